The average molecular weight is 154 g/mol. The van der Waals surface area contributed by atoms with Gasteiger partial charge in [-0.3, -0.25) is 4.79 Å². The predicted molar refractivity (Wildman–Crippen MR) is 44.4 cm³/mol. The molecule has 0 atom stereocenters. The fraction of sp³-hybridized carbons (Fsp3) is 0.556. The van der Waals surface area contributed by atoms with Crippen LogP contribution >= 0.6 is 0 Å². The molecule has 0 radical (unpaired) electrons. The van der Waals surface area contributed by atoms with Gasteiger partial charge in [0, 0.05) is 6.42 Å². The lowest BCUT2D eigenvalue weighted by atomic mass is 10.1. The van der Waals surface area contributed by atoms with E-state index in [0.29, 0.717) is 12.7 Å². The van der Waals surface area contributed by atoms with E-state index < -0.39 is 0 Å². The Kier molecular flexibility index (Phi) is 6.59. The Morgan fingerprint density at radius 3 is 2.73 bits per heavy atom. The van der Waals surface area contributed by atoms with Crippen molar-refractivity contribution >= 4 is 12.1 Å². The van der Waals surface area contributed by atoms with Gasteiger partial charge in [0.2, 0.25) is 0 Å². The molecule has 0 aromatic heterocycles. The van der Waals surface area contributed by atoms with Crippen LogP contribution in [0.3, 0.4) is 0 Å². The summed E-state index contributed by atoms with van der Waals surface area (Å²) in [5, 5.41) is 0. The van der Waals surface area contributed by atoms with Crippen LogP contribution in [0.15, 0.2) is 12.2 Å². The molecule has 2 nitrogen and oxygen atoms in total. The zero-order valence-corrected chi connectivity index (χ0v) is 6.88. The van der Waals surface area contributed by atoms with Crippen LogP contribution in [-0.4, -0.2) is 12.1 Å². The summed E-state index contributed by atoms with van der Waals surface area (Å²) in [4.78, 5) is 20.6. The summed E-state index contributed by atoms with van der Waals surface area (Å²) in [6.45, 7) is 1.95. The van der Waals surface area contributed by atoms with Crippen LogP contribution in [0.5, 0.6) is 0 Å². The number of aldehydes is 1. The van der Waals surface area contributed by atoms with E-state index in [4.69, 9.17) is 0 Å². The van der Waals surface area contributed by atoms with Crippen molar-refractivity contribution in [2.24, 2.45) is 0 Å². The van der Waals surface area contributed by atoms with E-state index in [0.717, 1.165) is 12.8 Å². The molecule has 0 fully saturated rings. The third-order valence-corrected chi connectivity index (χ3v) is 1.37. The molecule has 0 rings (SSSR count). The van der Waals surface area contributed by atoms with E-state index >= 15 is 0 Å². The van der Waals surface area contributed by atoms with Gasteiger partial charge in [-0.1, -0.05) is 12.2 Å². The lowest BCUT2D eigenvalue weighted by Crippen LogP contribution is -1.97. The summed E-state index contributed by atoms with van der Waals surface area (Å²) in [5.74, 6) is 0.0458. The first-order chi connectivity index (χ1) is 5.31. The Balaban J connectivity index is 3.23. The molecule has 0 aliphatic heterocycles. The number of carbonyl (C=O) groups excluding carboxylic acids is 2. The Labute approximate surface area is 67.3 Å². The van der Waals surface area contributed by atoms with Crippen molar-refractivity contribution in [3.05, 3.63) is 12.2 Å². The fourth-order valence-electron chi connectivity index (χ4n) is 0.779. The van der Waals surface area contributed by atoms with E-state index in [2.05, 4.69) is 0 Å². The lowest BCUT2D eigenvalue weighted by molar-refractivity contribution is -0.122. The molecule has 0 spiro atoms. The first-order valence-corrected chi connectivity index (χ1v) is 3.87. The molecule has 11 heavy (non-hydrogen) atoms. The third-order valence-electron chi connectivity index (χ3n) is 1.37. The highest BCUT2D eigenvalue weighted by Crippen LogP contribution is 1.98. The Bertz CT molecular complexity index is 148. The molecule has 0 aliphatic rings. The monoisotopic (exact) mass is 154 g/mol. The van der Waals surface area contributed by atoms with Crippen molar-refractivity contribution in [2.45, 2.75) is 32.6 Å². The average Bonchev–Trinajstić information content (AvgIpc) is 1.99. The molecule has 0 N–H and O–H groups in total. The zero-order chi connectivity index (χ0) is 8.53. The Morgan fingerprint density at radius 2 is 2.18 bits per heavy atom. The molecular weight excluding hydrogens is 140 g/mol. The van der Waals surface area contributed by atoms with E-state index in [1.165, 1.54) is 0 Å². The minimum Gasteiger partial charge on any atom is -0.303 e. The number of rotatable bonds is 6. The summed E-state index contributed by atoms with van der Waals surface area (Å²) >= 11 is 0. The van der Waals surface area contributed by atoms with Crippen LogP contribution < -0.4 is 0 Å². The zero-order valence-electron chi connectivity index (χ0n) is 6.88. The van der Waals surface area contributed by atoms with Crippen LogP contribution in [0.4, 0.5) is 0 Å². The molecule has 0 unspecified atom stereocenters. The highest BCUT2D eigenvalue weighted by atomic mass is 16.1. The molecule has 0 bridgehead atoms. The number of hydrogen-bond donors (Lipinski definition) is 0. The number of ketones is 1. The van der Waals surface area contributed by atoms with Crippen LogP contribution in [0.25, 0.3) is 0 Å². The van der Waals surface area contributed by atoms with Gasteiger partial charge >= 0.3 is 0 Å². The van der Waals surface area contributed by atoms with Crippen LogP contribution in [0, 0.1) is 0 Å². The van der Waals surface area contributed by atoms with Crippen molar-refractivity contribution < 1.29 is 9.59 Å². The number of carbonyl (C=O) groups is 2. The summed E-state index contributed by atoms with van der Waals surface area (Å²) in [6, 6.07) is 0. The van der Waals surface area contributed by atoms with Crippen LogP contribution in [-0.2, 0) is 9.59 Å². The summed E-state index contributed by atoms with van der Waals surface area (Å²) < 4.78 is 0. The molecule has 0 heterocycles. The number of hydrogen-bond acceptors (Lipinski definition) is 2. The van der Waals surface area contributed by atoms with Crippen molar-refractivity contribution in [3.63, 3.8) is 0 Å². The smallest absolute Gasteiger partial charge is 0.139 e. The van der Waals surface area contributed by atoms with Crippen molar-refractivity contribution in [1.29, 1.82) is 0 Å². The molecule has 0 aliphatic carbocycles. The second-order valence-corrected chi connectivity index (χ2v) is 2.37. The molecular formula is C9H14O2. The topological polar surface area (TPSA) is 34.1 Å². The summed E-state index contributed by atoms with van der Waals surface area (Å²) in [7, 11) is 0. The molecule has 0 aromatic carbocycles. The Hall–Kier alpha value is -0.920. The molecule has 0 saturated carbocycles. The van der Waals surface area contributed by atoms with Gasteiger partial charge in [0.15, 0.2) is 0 Å². The fourth-order valence-corrected chi connectivity index (χ4v) is 0.779. The number of unbranched alkanes of at least 4 members (excludes halogenated alkanes) is 1. The molecule has 0 amide bonds. The predicted octanol–water partition coefficient (Wildman–Crippen LogP) is 1.89. The van der Waals surface area contributed by atoms with Crippen molar-refractivity contribution in [3.8, 4) is 0 Å². The van der Waals surface area contributed by atoms with E-state index in [-0.39, 0.29) is 12.2 Å². The minimum absolute atomic E-state index is 0.0458. The number of Topliss-reactive ketones (excluding diaryl/α,β-unsaturated/α-hetero) is 1. The van der Waals surface area contributed by atoms with Gasteiger partial charge in [0.25, 0.3) is 0 Å². The van der Waals surface area contributed by atoms with Gasteiger partial charge in [0.1, 0.15) is 12.1 Å². The lowest BCUT2D eigenvalue weighted by Gasteiger charge is -1.92. The largest absolute Gasteiger partial charge is 0.303 e. The summed E-state index contributed by atoms with van der Waals surface area (Å²) in [6.07, 6.45) is 7.05. The number of allylic oxidation sites excluding steroid dienone is 2. The molecule has 62 valence electrons. The van der Waals surface area contributed by atoms with Crippen molar-refractivity contribution in [1.82, 2.24) is 0 Å². The molecule has 0 saturated heterocycles. The first kappa shape index (κ1) is 10.1. The molecule has 2 heteroatoms. The minimum atomic E-state index is 0.0458. The van der Waals surface area contributed by atoms with Gasteiger partial charge < -0.3 is 4.79 Å². The first-order valence-electron chi connectivity index (χ1n) is 3.87. The van der Waals surface area contributed by atoms with Crippen LogP contribution in [0.2, 0.25) is 0 Å². The second-order valence-electron chi connectivity index (χ2n) is 2.37. The van der Waals surface area contributed by atoms with Gasteiger partial charge in [-0.05, 0) is 19.8 Å². The third kappa shape index (κ3) is 6.97. The normalized spacial score (nSPS) is 10.3. The van der Waals surface area contributed by atoms with E-state index in [9.17, 15) is 9.59 Å². The summed E-state index contributed by atoms with van der Waals surface area (Å²) in [5.41, 5.74) is 0. The van der Waals surface area contributed by atoms with Gasteiger partial charge in [-0.25, -0.2) is 0 Å². The van der Waals surface area contributed by atoms with E-state index in [1.54, 1.807) is 0 Å². The SMILES string of the molecule is C/C=C/CCCC(=O)CC=O. The van der Waals surface area contributed by atoms with Gasteiger partial charge in [-0.2, -0.15) is 0 Å². The van der Waals surface area contributed by atoms with Crippen molar-refractivity contribution in [2.75, 3.05) is 0 Å². The second kappa shape index (κ2) is 7.19. The quantitative estimate of drug-likeness (QED) is 0.253. The highest BCUT2D eigenvalue weighted by Gasteiger charge is 1.97. The maximum Gasteiger partial charge on any atom is 0.139 e. The maximum absolute atomic E-state index is 10.8. The van der Waals surface area contributed by atoms with Crippen LogP contribution in [0.1, 0.15) is 32.6 Å². The van der Waals surface area contributed by atoms with Gasteiger partial charge in [-0.15, -0.1) is 0 Å². The highest BCUT2D eigenvalue weighted by molar-refractivity contribution is 5.89. The Morgan fingerprint density at radius 1 is 1.45 bits per heavy atom. The van der Waals surface area contributed by atoms with E-state index in [1.807, 2.05) is 19.1 Å². The molecule has 0 aromatic rings. The maximum atomic E-state index is 10.8. The van der Waals surface area contributed by atoms with Gasteiger partial charge in [0.05, 0.1) is 6.42 Å². The standard InChI is InChI=1S/C9H14O2/c1-2-3-4-5-6-9(11)7-8-10/h2-3,8H,4-7H2,1H3/b3-2+.